The van der Waals surface area contributed by atoms with Crippen molar-refractivity contribution in [1.29, 1.82) is 0 Å². The molecule has 1 aromatic heterocycles. The molecule has 0 unspecified atom stereocenters. The predicted octanol–water partition coefficient (Wildman–Crippen LogP) is 0.430. The highest BCUT2D eigenvalue weighted by Gasteiger charge is 2.07. The Morgan fingerprint density at radius 1 is 1.44 bits per heavy atom. The average Bonchev–Trinajstić information content (AvgIpc) is 2.64. The molecule has 1 rings (SSSR count). The first kappa shape index (κ1) is 13.4. The van der Waals surface area contributed by atoms with E-state index in [0.717, 1.165) is 17.5 Å². The van der Waals surface area contributed by atoms with E-state index < -0.39 is 0 Å². The largest absolute Gasteiger partial charge is 0.394 e. The van der Waals surface area contributed by atoms with Crippen LogP contribution in [0.1, 0.15) is 13.8 Å². The van der Waals surface area contributed by atoms with Crippen LogP contribution in [0, 0.1) is 5.92 Å². The average molecular weight is 246 g/mol. The van der Waals surface area contributed by atoms with Gasteiger partial charge in [0, 0.05) is 12.3 Å². The van der Waals surface area contributed by atoms with Crippen molar-refractivity contribution in [2.24, 2.45) is 5.92 Å². The monoisotopic (exact) mass is 246 g/mol. The van der Waals surface area contributed by atoms with E-state index in [9.17, 15) is 0 Å². The summed E-state index contributed by atoms with van der Waals surface area (Å²) in [5.74, 6) is 1.31. The number of hydrogen-bond acceptors (Lipinski definition) is 6. The second kappa shape index (κ2) is 7.59. The van der Waals surface area contributed by atoms with Gasteiger partial charge in [-0.2, -0.15) is 0 Å². The highest BCUT2D eigenvalue weighted by atomic mass is 32.2. The highest BCUT2D eigenvalue weighted by molar-refractivity contribution is 7.99. The van der Waals surface area contributed by atoms with Crippen molar-refractivity contribution in [3.8, 4) is 0 Å². The van der Waals surface area contributed by atoms with Crippen molar-refractivity contribution in [3.63, 3.8) is 0 Å². The number of hydrogen-bond donors (Lipinski definition) is 1. The molecule has 1 N–H and O–H groups in total. The molecule has 0 aliphatic heterocycles. The van der Waals surface area contributed by atoms with Gasteiger partial charge < -0.3 is 9.84 Å². The molecule has 7 heteroatoms. The summed E-state index contributed by atoms with van der Waals surface area (Å²) in [5, 5.41) is 20.9. The van der Waals surface area contributed by atoms with Gasteiger partial charge in [-0.05, 0) is 16.3 Å². The Hall–Kier alpha value is -0.660. The summed E-state index contributed by atoms with van der Waals surface area (Å²) in [5.41, 5.74) is 0. The molecule has 0 radical (unpaired) electrons. The van der Waals surface area contributed by atoms with E-state index in [2.05, 4.69) is 29.4 Å². The van der Waals surface area contributed by atoms with Crippen LogP contribution in [0.25, 0.3) is 0 Å². The van der Waals surface area contributed by atoms with Crippen molar-refractivity contribution in [1.82, 2.24) is 20.2 Å². The Kier molecular flexibility index (Phi) is 6.36. The molecule has 1 heterocycles. The summed E-state index contributed by atoms with van der Waals surface area (Å²) in [6.45, 7) is 6.13. The third-order valence-corrected chi connectivity index (χ3v) is 2.65. The van der Waals surface area contributed by atoms with Gasteiger partial charge in [0.2, 0.25) is 5.16 Å². The topological polar surface area (TPSA) is 73.1 Å². The molecule has 0 saturated carbocycles. The number of ether oxygens (including phenoxy) is 1. The Labute approximate surface area is 99.4 Å². The zero-order valence-electron chi connectivity index (χ0n) is 9.67. The van der Waals surface area contributed by atoms with Gasteiger partial charge >= 0.3 is 0 Å². The fraction of sp³-hybridized carbons (Fsp3) is 0.889. The third-order valence-electron chi connectivity index (χ3n) is 1.73. The fourth-order valence-electron chi connectivity index (χ4n) is 1.12. The van der Waals surface area contributed by atoms with E-state index in [1.54, 1.807) is 16.4 Å². The molecule has 0 fully saturated rings. The zero-order chi connectivity index (χ0) is 11.8. The summed E-state index contributed by atoms with van der Waals surface area (Å²) in [7, 11) is 0. The van der Waals surface area contributed by atoms with E-state index in [0.29, 0.717) is 19.1 Å². The fourth-order valence-corrected chi connectivity index (χ4v) is 1.86. The van der Waals surface area contributed by atoms with Gasteiger partial charge in [0.05, 0.1) is 19.8 Å². The minimum absolute atomic E-state index is 0.0652. The van der Waals surface area contributed by atoms with Gasteiger partial charge in [-0.3, -0.25) is 0 Å². The molecule has 0 atom stereocenters. The number of aromatic nitrogens is 4. The smallest absolute Gasteiger partial charge is 0.209 e. The number of rotatable bonds is 8. The second-order valence-corrected chi connectivity index (χ2v) is 4.78. The van der Waals surface area contributed by atoms with Gasteiger partial charge in [0.1, 0.15) is 0 Å². The number of aliphatic hydroxyl groups is 1. The first-order valence-corrected chi connectivity index (χ1v) is 6.30. The summed E-state index contributed by atoms with van der Waals surface area (Å²) < 4.78 is 6.96. The summed E-state index contributed by atoms with van der Waals surface area (Å²) in [6, 6.07) is 0. The van der Waals surface area contributed by atoms with Crippen molar-refractivity contribution >= 4 is 11.8 Å². The van der Waals surface area contributed by atoms with Gasteiger partial charge in [-0.15, -0.1) is 5.10 Å². The maximum Gasteiger partial charge on any atom is 0.209 e. The number of thioether (sulfide) groups is 1. The van der Waals surface area contributed by atoms with Gasteiger partial charge in [0.25, 0.3) is 0 Å². The van der Waals surface area contributed by atoms with E-state index in [-0.39, 0.29) is 6.61 Å². The maximum absolute atomic E-state index is 8.52. The molecule has 0 spiro atoms. The SMILES string of the molecule is CC(C)Cn1nnnc1SCCOCCO. The van der Waals surface area contributed by atoms with Crippen LogP contribution >= 0.6 is 11.8 Å². The van der Waals surface area contributed by atoms with Crippen LogP contribution in [-0.4, -0.2) is 50.9 Å². The predicted molar refractivity (Wildman–Crippen MR) is 61.3 cm³/mol. The molecule has 0 bridgehead atoms. The summed E-state index contributed by atoms with van der Waals surface area (Å²) in [6.07, 6.45) is 0. The quantitative estimate of drug-likeness (QED) is 0.530. The van der Waals surface area contributed by atoms with Gasteiger partial charge in [0.15, 0.2) is 0 Å². The second-order valence-electron chi connectivity index (χ2n) is 3.72. The molecule has 0 aliphatic rings. The van der Waals surface area contributed by atoms with Crippen molar-refractivity contribution in [3.05, 3.63) is 0 Å². The van der Waals surface area contributed by atoms with Gasteiger partial charge in [-0.1, -0.05) is 25.6 Å². The lowest BCUT2D eigenvalue weighted by molar-refractivity contribution is 0.103. The number of nitrogens with zero attached hydrogens (tertiary/aromatic N) is 4. The third kappa shape index (κ3) is 4.91. The van der Waals surface area contributed by atoms with E-state index in [1.807, 2.05) is 0 Å². The lowest BCUT2D eigenvalue weighted by Gasteiger charge is -2.06. The van der Waals surface area contributed by atoms with Crippen LogP contribution in [0.5, 0.6) is 0 Å². The summed E-state index contributed by atoms with van der Waals surface area (Å²) in [4.78, 5) is 0. The lowest BCUT2D eigenvalue weighted by Crippen LogP contribution is -2.08. The molecule has 1 aromatic rings. The molecular formula is C9H18N4O2S. The molecule has 16 heavy (non-hydrogen) atoms. The first-order chi connectivity index (χ1) is 7.74. The Morgan fingerprint density at radius 3 is 2.94 bits per heavy atom. The van der Waals surface area contributed by atoms with Crippen molar-refractivity contribution < 1.29 is 9.84 Å². The van der Waals surface area contributed by atoms with Crippen LogP contribution in [0.3, 0.4) is 0 Å². The molecule has 0 saturated heterocycles. The van der Waals surface area contributed by atoms with E-state index >= 15 is 0 Å². The zero-order valence-corrected chi connectivity index (χ0v) is 10.5. The van der Waals surface area contributed by atoms with Crippen molar-refractivity contribution in [2.45, 2.75) is 25.5 Å². The van der Waals surface area contributed by atoms with Crippen LogP contribution in [0.2, 0.25) is 0 Å². The highest BCUT2D eigenvalue weighted by Crippen LogP contribution is 2.14. The molecule has 0 amide bonds. The standard InChI is InChI=1S/C9H18N4O2S/c1-8(2)7-13-9(10-11-12-13)16-6-5-15-4-3-14/h8,14H,3-7H2,1-2H3. The Bertz CT molecular complexity index is 293. The first-order valence-electron chi connectivity index (χ1n) is 5.31. The maximum atomic E-state index is 8.52. The minimum atomic E-state index is 0.0652. The molecule has 0 aromatic carbocycles. The van der Waals surface area contributed by atoms with Crippen LogP contribution < -0.4 is 0 Å². The van der Waals surface area contributed by atoms with E-state index in [4.69, 9.17) is 9.84 Å². The molecule has 6 nitrogen and oxygen atoms in total. The van der Waals surface area contributed by atoms with Crippen molar-refractivity contribution in [2.75, 3.05) is 25.6 Å². The molecule has 0 aliphatic carbocycles. The number of aliphatic hydroxyl groups excluding tert-OH is 1. The van der Waals surface area contributed by atoms with Gasteiger partial charge in [-0.25, -0.2) is 4.68 Å². The Balaban J connectivity index is 2.27. The normalized spacial score (nSPS) is 11.2. The van der Waals surface area contributed by atoms with Crippen LogP contribution in [0.4, 0.5) is 0 Å². The number of tetrazole rings is 1. The Morgan fingerprint density at radius 2 is 2.25 bits per heavy atom. The minimum Gasteiger partial charge on any atom is -0.394 e. The molecule has 92 valence electrons. The lowest BCUT2D eigenvalue weighted by atomic mass is 10.2. The van der Waals surface area contributed by atoms with Crippen LogP contribution in [0.15, 0.2) is 5.16 Å². The summed E-state index contributed by atoms with van der Waals surface area (Å²) >= 11 is 1.57. The molecular weight excluding hydrogens is 228 g/mol. The van der Waals surface area contributed by atoms with E-state index in [1.165, 1.54) is 0 Å². The van der Waals surface area contributed by atoms with Crippen LogP contribution in [-0.2, 0) is 11.3 Å².